The molecule has 2 rings (SSSR count). The molecule has 1 N–H and O–H groups in total. The van der Waals surface area contributed by atoms with Gasteiger partial charge in [0.1, 0.15) is 5.75 Å². The fraction of sp³-hybridized carbons (Fsp3) is 0.556. The van der Waals surface area contributed by atoms with Crippen LogP contribution >= 0.6 is 0 Å². The molecule has 2 unspecified atom stereocenters. The molecule has 1 aromatic rings. The van der Waals surface area contributed by atoms with E-state index in [2.05, 4.69) is 0 Å². The van der Waals surface area contributed by atoms with E-state index in [9.17, 15) is 14.7 Å². The lowest BCUT2D eigenvalue weighted by molar-refractivity contribution is -0.145. The number of hydrogen-bond acceptors (Lipinski definition) is 3. The summed E-state index contributed by atoms with van der Waals surface area (Å²) in [6.07, 6.45) is 1.10. The number of carbonyl (C=O) groups is 2. The van der Waals surface area contributed by atoms with Gasteiger partial charge in [0, 0.05) is 5.41 Å². The van der Waals surface area contributed by atoms with Crippen LogP contribution in [0.3, 0.4) is 0 Å². The number of carbonyl (C=O) groups excluding carboxylic acids is 1. The van der Waals surface area contributed by atoms with Gasteiger partial charge in [-0.1, -0.05) is 32.4 Å². The fourth-order valence-corrected chi connectivity index (χ4v) is 3.64. The predicted molar refractivity (Wildman–Crippen MR) is 84.3 cm³/mol. The molecule has 0 spiro atoms. The van der Waals surface area contributed by atoms with Gasteiger partial charge in [-0.2, -0.15) is 0 Å². The summed E-state index contributed by atoms with van der Waals surface area (Å²) in [6.45, 7) is 7.59. The number of carboxylic acid groups (broad SMARTS) is 1. The van der Waals surface area contributed by atoms with Gasteiger partial charge in [-0.3, -0.25) is 9.59 Å². The van der Waals surface area contributed by atoms with Gasteiger partial charge >= 0.3 is 5.97 Å². The van der Waals surface area contributed by atoms with Crippen molar-refractivity contribution in [1.29, 1.82) is 0 Å². The minimum Gasteiger partial charge on any atom is -0.496 e. The molecule has 1 aliphatic rings. The molecule has 4 nitrogen and oxygen atoms in total. The van der Waals surface area contributed by atoms with Crippen molar-refractivity contribution in [2.45, 2.75) is 40.5 Å². The minimum atomic E-state index is -0.822. The molecule has 22 heavy (non-hydrogen) atoms. The van der Waals surface area contributed by atoms with Crippen LogP contribution in [0, 0.1) is 23.7 Å². The molecule has 0 bridgehead atoms. The molecule has 2 atom stereocenters. The standard InChI is InChI=1S/C18H24O4/c1-11-6-7-14(22-5)12(10-11)15(19)18(4)9-8-13(16(20)21)17(18,2)3/h6-7,10,13H,8-9H2,1-5H3,(H,20,21). The van der Waals surface area contributed by atoms with Gasteiger partial charge in [-0.15, -0.1) is 0 Å². The third-order valence-corrected chi connectivity index (χ3v) is 5.63. The Morgan fingerprint density at radius 3 is 2.41 bits per heavy atom. The molecule has 0 saturated heterocycles. The van der Waals surface area contributed by atoms with E-state index in [1.54, 1.807) is 13.2 Å². The van der Waals surface area contributed by atoms with Gasteiger partial charge in [0.2, 0.25) is 0 Å². The first-order chi connectivity index (χ1) is 10.1. The lowest BCUT2D eigenvalue weighted by Crippen LogP contribution is -2.42. The highest BCUT2D eigenvalue weighted by Crippen LogP contribution is 2.57. The largest absolute Gasteiger partial charge is 0.496 e. The zero-order valence-corrected chi connectivity index (χ0v) is 13.9. The van der Waals surface area contributed by atoms with E-state index < -0.39 is 22.7 Å². The van der Waals surface area contributed by atoms with E-state index in [1.165, 1.54) is 0 Å². The Morgan fingerprint density at radius 1 is 1.27 bits per heavy atom. The number of Topliss-reactive ketones (excluding diaryl/α,β-unsaturated/α-hetero) is 1. The monoisotopic (exact) mass is 304 g/mol. The number of rotatable bonds is 4. The van der Waals surface area contributed by atoms with E-state index in [1.807, 2.05) is 39.8 Å². The SMILES string of the molecule is COc1ccc(C)cc1C(=O)C1(C)CCC(C(=O)O)C1(C)C. The summed E-state index contributed by atoms with van der Waals surface area (Å²) in [5, 5.41) is 9.44. The molecular weight excluding hydrogens is 280 g/mol. The van der Waals surface area contributed by atoms with Gasteiger partial charge in [0.15, 0.2) is 5.78 Å². The number of benzene rings is 1. The molecule has 1 fully saturated rings. The molecular formula is C18H24O4. The molecule has 4 heteroatoms. The summed E-state index contributed by atoms with van der Waals surface area (Å²) in [6, 6.07) is 5.52. The van der Waals surface area contributed by atoms with Crippen LogP contribution in [0.25, 0.3) is 0 Å². The highest BCUT2D eigenvalue weighted by Gasteiger charge is 2.58. The third-order valence-electron chi connectivity index (χ3n) is 5.63. The van der Waals surface area contributed by atoms with Crippen LogP contribution in [-0.2, 0) is 4.79 Å². The number of carboxylic acids is 1. The van der Waals surface area contributed by atoms with Gasteiger partial charge in [0.05, 0.1) is 18.6 Å². The van der Waals surface area contributed by atoms with Crippen LogP contribution in [0.4, 0.5) is 0 Å². The molecule has 0 aliphatic heterocycles. The van der Waals surface area contributed by atoms with Crippen molar-refractivity contribution in [3.05, 3.63) is 29.3 Å². The van der Waals surface area contributed by atoms with Crippen LogP contribution in [0.5, 0.6) is 5.75 Å². The Kier molecular flexibility index (Phi) is 4.07. The van der Waals surface area contributed by atoms with Crippen molar-refractivity contribution in [3.63, 3.8) is 0 Å². The van der Waals surface area contributed by atoms with Gasteiger partial charge < -0.3 is 9.84 Å². The maximum Gasteiger partial charge on any atom is 0.307 e. The molecule has 0 aromatic heterocycles. The molecule has 1 saturated carbocycles. The number of methoxy groups -OCH3 is 1. The Balaban J connectivity index is 2.49. The van der Waals surface area contributed by atoms with Crippen molar-refractivity contribution in [2.75, 3.05) is 7.11 Å². The fourth-order valence-electron chi connectivity index (χ4n) is 3.64. The van der Waals surface area contributed by atoms with Crippen LogP contribution in [0.2, 0.25) is 0 Å². The van der Waals surface area contributed by atoms with Crippen molar-refractivity contribution >= 4 is 11.8 Å². The Morgan fingerprint density at radius 2 is 1.91 bits per heavy atom. The van der Waals surface area contributed by atoms with Crippen LogP contribution in [0.15, 0.2) is 18.2 Å². The van der Waals surface area contributed by atoms with E-state index in [0.717, 1.165) is 5.56 Å². The highest BCUT2D eigenvalue weighted by molar-refractivity contribution is 6.04. The predicted octanol–water partition coefficient (Wildman–Crippen LogP) is 3.71. The maximum atomic E-state index is 13.2. The lowest BCUT2D eigenvalue weighted by atomic mass is 9.62. The van der Waals surface area contributed by atoms with Crippen molar-refractivity contribution in [3.8, 4) is 5.75 Å². The summed E-state index contributed by atoms with van der Waals surface area (Å²) >= 11 is 0. The van der Waals surface area contributed by atoms with Crippen molar-refractivity contribution < 1.29 is 19.4 Å². The quantitative estimate of drug-likeness (QED) is 0.861. The van der Waals surface area contributed by atoms with Crippen LogP contribution in [-0.4, -0.2) is 24.0 Å². The van der Waals surface area contributed by atoms with Crippen molar-refractivity contribution in [2.24, 2.45) is 16.7 Å². The summed E-state index contributed by atoms with van der Waals surface area (Å²) in [7, 11) is 1.55. The van der Waals surface area contributed by atoms with Gasteiger partial charge in [0.25, 0.3) is 0 Å². The van der Waals surface area contributed by atoms with Gasteiger partial charge in [-0.25, -0.2) is 0 Å². The lowest BCUT2D eigenvalue weighted by Gasteiger charge is -2.39. The smallest absolute Gasteiger partial charge is 0.307 e. The average molecular weight is 304 g/mol. The van der Waals surface area contributed by atoms with E-state index in [-0.39, 0.29) is 5.78 Å². The second-order valence-electron chi connectivity index (χ2n) is 7.02. The molecule has 120 valence electrons. The average Bonchev–Trinajstić information content (AvgIpc) is 2.69. The first-order valence-corrected chi connectivity index (χ1v) is 7.57. The number of hydrogen-bond donors (Lipinski definition) is 1. The number of ketones is 1. The third kappa shape index (κ3) is 2.31. The summed E-state index contributed by atoms with van der Waals surface area (Å²) in [5.41, 5.74) is 0.212. The van der Waals surface area contributed by atoms with E-state index in [0.29, 0.717) is 24.2 Å². The first-order valence-electron chi connectivity index (χ1n) is 7.57. The molecule has 0 radical (unpaired) electrons. The molecule has 0 amide bonds. The summed E-state index contributed by atoms with van der Waals surface area (Å²) in [5.74, 6) is -0.803. The Labute approximate surface area is 131 Å². The molecule has 1 aliphatic carbocycles. The van der Waals surface area contributed by atoms with Crippen LogP contribution in [0.1, 0.15) is 49.5 Å². The zero-order valence-electron chi connectivity index (χ0n) is 13.9. The number of aryl methyl sites for hydroxylation is 1. The summed E-state index contributed by atoms with van der Waals surface area (Å²) in [4.78, 5) is 24.7. The number of ether oxygens (including phenoxy) is 1. The van der Waals surface area contributed by atoms with Gasteiger partial charge in [-0.05, 0) is 37.3 Å². The second-order valence-corrected chi connectivity index (χ2v) is 7.02. The van der Waals surface area contributed by atoms with Crippen molar-refractivity contribution in [1.82, 2.24) is 0 Å². The minimum absolute atomic E-state index is 0.0261. The molecule has 1 aromatic carbocycles. The zero-order chi connectivity index (χ0) is 16.7. The van der Waals surface area contributed by atoms with E-state index in [4.69, 9.17) is 4.74 Å². The Hall–Kier alpha value is -1.84. The second kappa shape index (κ2) is 5.41. The maximum absolute atomic E-state index is 13.2. The highest BCUT2D eigenvalue weighted by atomic mass is 16.5. The topological polar surface area (TPSA) is 63.6 Å². The summed E-state index contributed by atoms with van der Waals surface area (Å²) < 4.78 is 5.33. The van der Waals surface area contributed by atoms with E-state index >= 15 is 0 Å². The molecule has 0 heterocycles. The normalized spacial score (nSPS) is 26.7. The number of aliphatic carboxylic acids is 1. The van der Waals surface area contributed by atoms with Crippen LogP contribution < -0.4 is 4.74 Å². The Bertz CT molecular complexity index is 618. The first kappa shape index (κ1) is 16.5.